The fraction of sp³-hybridized carbons (Fsp3) is 0.375. The second-order valence-corrected chi connectivity index (χ2v) is 7.77. The molecule has 7 nitrogen and oxygen atoms in total. The first kappa shape index (κ1) is 23.6. The molecule has 0 saturated carbocycles. The van der Waals surface area contributed by atoms with Crippen LogP contribution in [0.3, 0.4) is 0 Å². The van der Waals surface area contributed by atoms with Gasteiger partial charge in [0.25, 0.3) is 5.91 Å². The number of nitrogens with zero attached hydrogens (tertiary/aromatic N) is 3. The van der Waals surface area contributed by atoms with E-state index in [1.807, 2.05) is 42.2 Å². The number of carbonyl (C=O) groups is 1. The standard InChI is InChI=1S/C24H28N4O3.ClH/c1-16-8-10-18-22(27-20-11-9-17(30-2)14-21(20)31-3)19(15-25-23(18)26-16)24(29)28-12-6-4-5-7-13-28;/h8-11,14-15H,4-7,12-13H2,1-3H3,(H,25,26,27);1H. The number of hydrogen-bond acceptors (Lipinski definition) is 6. The van der Waals surface area contributed by atoms with Crippen LogP contribution >= 0.6 is 12.4 Å². The molecule has 0 spiro atoms. The highest BCUT2D eigenvalue weighted by molar-refractivity contribution is 6.07. The van der Waals surface area contributed by atoms with Crippen molar-refractivity contribution in [3.05, 3.63) is 47.8 Å². The summed E-state index contributed by atoms with van der Waals surface area (Å²) >= 11 is 0. The topological polar surface area (TPSA) is 76.6 Å². The number of aromatic nitrogens is 2. The van der Waals surface area contributed by atoms with E-state index in [1.54, 1.807) is 20.4 Å². The van der Waals surface area contributed by atoms with Crippen LogP contribution < -0.4 is 14.8 Å². The lowest BCUT2D eigenvalue weighted by Crippen LogP contribution is -2.32. The number of hydrogen-bond donors (Lipinski definition) is 1. The summed E-state index contributed by atoms with van der Waals surface area (Å²) in [7, 11) is 3.23. The lowest BCUT2D eigenvalue weighted by atomic mass is 10.1. The molecule has 8 heteroatoms. The molecule has 170 valence electrons. The molecule has 1 aromatic carbocycles. The molecular weight excluding hydrogens is 428 g/mol. The Morgan fingerprint density at radius 1 is 1.03 bits per heavy atom. The molecule has 3 aromatic rings. The molecule has 1 saturated heterocycles. The minimum absolute atomic E-state index is 0. The Morgan fingerprint density at radius 2 is 1.78 bits per heavy atom. The van der Waals surface area contributed by atoms with Crippen molar-refractivity contribution in [2.24, 2.45) is 0 Å². The van der Waals surface area contributed by atoms with Gasteiger partial charge in [0, 0.05) is 36.4 Å². The van der Waals surface area contributed by atoms with Crippen molar-refractivity contribution in [3.8, 4) is 11.5 Å². The normalized spacial score (nSPS) is 13.8. The highest BCUT2D eigenvalue weighted by Crippen LogP contribution is 2.35. The van der Waals surface area contributed by atoms with E-state index in [9.17, 15) is 4.79 Å². The Labute approximate surface area is 194 Å². The first-order chi connectivity index (χ1) is 15.1. The average Bonchev–Trinajstić information content (AvgIpc) is 3.08. The number of ether oxygens (including phenoxy) is 2. The molecule has 2 aromatic heterocycles. The summed E-state index contributed by atoms with van der Waals surface area (Å²) in [4.78, 5) is 24.5. The lowest BCUT2D eigenvalue weighted by molar-refractivity contribution is 0.0762. The van der Waals surface area contributed by atoms with Crippen LogP contribution in [0.4, 0.5) is 11.4 Å². The maximum absolute atomic E-state index is 13.5. The molecule has 1 aliphatic rings. The van der Waals surface area contributed by atoms with Gasteiger partial charge in [-0.25, -0.2) is 9.97 Å². The largest absolute Gasteiger partial charge is 0.497 e. The van der Waals surface area contributed by atoms with Crippen LogP contribution in [-0.2, 0) is 0 Å². The average molecular weight is 457 g/mol. The zero-order valence-electron chi connectivity index (χ0n) is 18.7. The Hall–Kier alpha value is -3.06. The quantitative estimate of drug-likeness (QED) is 0.573. The number of methoxy groups -OCH3 is 2. The van der Waals surface area contributed by atoms with Gasteiger partial charge in [0.05, 0.1) is 31.2 Å². The van der Waals surface area contributed by atoms with Gasteiger partial charge in [0.2, 0.25) is 0 Å². The maximum Gasteiger partial charge on any atom is 0.257 e. The maximum atomic E-state index is 13.5. The molecular formula is C24H29ClN4O3. The van der Waals surface area contributed by atoms with E-state index in [2.05, 4.69) is 15.3 Å². The molecule has 1 N–H and O–H groups in total. The highest BCUT2D eigenvalue weighted by atomic mass is 35.5. The van der Waals surface area contributed by atoms with Crippen LogP contribution in [0.5, 0.6) is 11.5 Å². The van der Waals surface area contributed by atoms with Crippen LogP contribution in [0.1, 0.15) is 41.7 Å². The summed E-state index contributed by atoms with van der Waals surface area (Å²) in [6.45, 7) is 3.47. The Kier molecular flexibility index (Phi) is 7.75. The zero-order valence-corrected chi connectivity index (χ0v) is 19.5. The minimum atomic E-state index is -0.00754. The van der Waals surface area contributed by atoms with Crippen LogP contribution in [0.2, 0.25) is 0 Å². The number of pyridine rings is 2. The van der Waals surface area contributed by atoms with Crippen LogP contribution in [-0.4, -0.2) is 48.1 Å². The van der Waals surface area contributed by atoms with Gasteiger partial charge < -0.3 is 19.7 Å². The van der Waals surface area contributed by atoms with E-state index in [-0.39, 0.29) is 18.3 Å². The van der Waals surface area contributed by atoms with Crippen molar-refractivity contribution >= 4 is 40.7 Å². The van der Waals surface area contributed by atoms with Crippen molar-refractivity contribution in [2.75, 3.05) is 32.6 Å². The fourth-order valence-corrected chi connectivity index (χ4v) is 3.95. The van der Waals surface area contributed by atoms with E-state index in [4.69, 9.17) is 9.47 Å². The minimum Gasteiger partial charge on any atom is -0.497 e. The number of nitrogens with one attached hydrogen (secondary N) is 1. The summed E-state index contributed by atoms with van der Waals surface area (Å²) in [6, 6.07) is 9.44. The van der Waals surface area contributed by atoms with Gasteiger partial charge in [-0.2, -0.15) is 0 Å². The molecule has 0 bridgehead atoms. The third-order valence-electron chi connectivity index (χ3n) is 5.66. The molecule has 4 rings (SSSR count). The van der Waals surface area contributed by atoms with E-state index in [0.717, 1.165) is 55.5 Å². The molecule has 1 aliphatic heterocycles. The van der Waals surface area contributed by atoms with E-state index in [1.165, 1.54) is 0 Å². The van der Waals surface area contributed by atoms with Crippen molar-refractivity contribution < 1.29 is 14.3 Å². The van der Waals surface area contributed by atoms with Gasteiger partial charge in [-0.15, -0.1) is 12.4 Å². The number of likely N-dealkylation sites (tertiary alicyclic amines) is 1. The summed E-state index contributed by atoms with van der Waals surface area (Å²) < 4.78 is 10.9. The second kappa shape index (κ2) is 10.5. The molecule has 32 heavy (non-hydrogen) atoms. The third kappa shape index (κ3) is 4.88. The molecule has 3 heterocycles. The van der Waals surface area contributed by atoms with Gasteiger partial charge in [0.1, 0.15) is 11.5 Å². The number of carbonyl (C=O) groups excluding carboxylic acids is 1. The van der Waals surface area contributed by atoms with Gasteiger partial charge in [0.15, 0.2) is 5.65 Å². The summed E-state index contributed by atoms with van der Waals surface area (Å²) in [6.07, 6.45) is 6.03. The van der Waals surface area contributed by atoms with Crippen molar-refractivity contribution in [1.82, 2.24) is 14.9 Å². The smallest absolute Gasteiger partial charge is 0.257 e. The molecule has 1 fully saturated rings. The van der Waals surface area contributed by atoms with Gasteiger partial charge in [-0.05, 0) is 44.0 Å². The predicted octanol–water partition coefficient (Wildman–Crippen LogP) is 5.14. The number of aryl methyl sites for hydroxylation is 1. The first-order valence-corrected chi connectivity index (χ1v) is 10.7. The van der Waals surface area contributed by atoms with Gasteiger partial charge in [-0.3, -0.25) is 4.79 Å². The number of anilines is 2. The Morgan fingerprint density at radius 3 is 2.47 bits per heavy atom. The molecule has 0 aliphatic carbocycles. The molecule has 0 radical (unpaired) electrons. The van der Waals surface area contributed by atoms with Crippen LogP contribution in [0.25, 0.3) is 11.0 Å². The number of benzene rings is 1. The Bertz CT molecular complexity index is 1100. The molecule has 0 unspecified atom stereocenters. The molecule has 0 atom stereocenters. The van der Waals surface area contributed by atoms with Crippen LogP contribution in [0, 0.1) is 6.92 Å². The summed E-state index contributed by atoms with van der Waals surface area (Å²) in [5, 5.41) is 4.23. The third-order valence-corrected chi connectivity index (χ3v) is 5.66. The van der Waals surface area contributed by atoms with Crippen molar-refractivity contribution in [3.63, 3.8) is 0 Å². The summed E-state index contributed by atoms with van der Waals surface area (Å²) in [5.41, 5.74) is 3.44. The van der Waals surface area contributed by atoms with Gasteiger partial charge >= 0.3 is 0 Å². The number of rotatable bonds is 5. The second-order valence-electron chi connectivity index (χ2n) is 7.77. The first-order valence-electron chi connectivity index (χ1n) is 10.7. The SMILES string of the molecule is COc1ccc(Nc2c(C(=O)N3CCCCCC3)cnc3nc(C)ccc23)c(OC)c1.Cl. The predicted molar refractivity (Wildman–Crippen MR) is 129 cm³/mol. The van der Waals surface area contributed by atoms with E-state index < -0.39 is 0 Å². The van der Waals surface area contributed by atoms with Crippen molar-refractivity contribution in [1.29, 1.82) is 0 Å². The number of halogens is 1. The summed E-state index contributed by atoms with van der Waals surface area (Å²) in [5.74, 6) is 1.31. The zero-order chi connectivity index (χ0) is 21.8. The Balaban J connectivity index is 0.00000289. The van der Waals surface area contributed by atoms with Gasteiger partial charge in [-0.1, -0.05) is 12.8 Å². The monoisotopic (exact) mass is 456 g/mol. The lowest BCUT2D eigenvalue weighted by Gasteiger charge is -2.23. The highest BCUT2D eigenvalue weighted by Gasteiger charge is 2.23. The van der Waals surface area contributed by atoms with E-state index >= 15 is 0 Å². The van der Waals surface area contributed by atoms with Crippen LogP contribution in [0.15, 0.2) is 36.5 Å². The molecule has 1 amide bonds. The fourth-order valence-electron chi connectivity index (χ4n) is 3.95. The number of amides is 1. The van der Waals surface area contributed by atoms with E-state index in [0.29, 0.717) is 28.4 Å². The number of fused-ring (bicyclic) bond motifs is 1. The van der Waals surface area contributed by atoms with Crippen molar-refractivity contribution in [2.45, 2.75) is 32.6 Å².